The lowest BCUT2D eigenvalue weighted by Gasteiger charge is -2.23. The molecule has 2 aromatic carbocycles. The molecule has 2 nitrogen and oxygen atoms in total. The molecular weight excluding hydrogens is 318 g/mol. The van der Waals surface area contributed by atoms with Gasteiger partial charge in [0.2, 0.25) is 0 Å². The summed E-state index contributed by atoms with van der Waals surface area (Å²) in [6.45, 7) is 4.85. The monoisotopic (exact) mass is 349 g/mol. The summed E-state index contributed by atoms with van der Waals surface area (Å²) in [5.41, 5.74) is 4.70. The molecule has 0 amide bonds. The normalized spacial score (nSPS) is 16.4. The van der Waals surface area contributed by atoms with E-state index < -0.39 is 0 Å². The van der Waals surface area contributed by atoms with Crippen LogP contribution < -0.4 is 4.74 Å². The van der Waals surface area contributed by atoms with Gasteiger partial charge in [0, 0.05) is 11.8 Å². The Morgan fingerprint density at radius 3 is 2.35 bits per heavy atom. The average Bonchev–Trinajstić information content (AvgIpc) is 2.62. The van der Waals surface area contributed by atoms with Crippen molar-refractivity contribution in [2.75, 3.05) is 6.61 Å². The van der Waals surface area contributed by atoms with E-state index in [1.165, 1.54) is 56.1 Å². The van der Waals surface area contributed by atoms with E-state index >= 15 is 0 Å². The first-order valence-electron chi connectivity index (χ1n) is 10.1. The van der Waals surface area contributed by atoms with Crippen molar-refractivity contribution in [3.05, 3.63) is 59.2 Å². The summed E-state index contributed by atoms with van der Waals surface area (Å²) >= 11 is 0. The summed E-state index contributed by atoms with van der Waals surface area (Å²) in [5, 5.41) is 0. The average molecular weight is 350 g/mol. The van der Waals surface area contributed by atoms with Gasteiger partial charge in [0.15, 0.2) is 0 Å². The van der Waals surface area contributed by atoms with Gasteiger partial charge < -0.3 is 4.74 Å². The molecule has 0 atom stereocenters. The van der Waals surface area contributed by atoms with Crippen molar-refractivity contribution in [2.45, 2.75) is 64.7 Å². The molecule has 0 unspecified atom stereocenters. The number of ether oxygens (including phenoxy) is 1. The van der Waals surface area contributed by atoms with Gasteiger partial charge >= 0.3 is 0 Å². The van der Waals surface area contributed by atoms with Gasteiger partial charge in [-0.25, -0.2) is 0 Å². The molecule has 1 saturated carbocycles. The van der Waals surface area contributed by atoms with E-state index in [0.29, 0.717) is 12.5 Å². The van der Waals surface area contributed by atoms with Crippen LogP contribution in [0.2, 0.25) is 0 Å². The van der Waals surface area contributed by atoms with Crippen molar-refractivity contribution in [2.24, 2.45) is 4.99 Å². The fourth-order valence-electron chi connectivity index (χ4n) is 3.85. The SMILES string of the molecule is CCOc1c(C=Nc2ccc(C)cc2)cccc1C1CCCCCCC1. The van der Waals surface area contributed by atoms with Gasteiger partial charge in [-0.2, -0.15) is 0 Å². The number of aliphatic imine (C=N–C) groups is 1. The van der Waals surface area contributed by atoms with Crippen molar-refractivity contribution < 1.29 is 4.74 Å². The Morgan fingerprint density at radius 2 is 1.65 bits per heavy atom. The van der Waals surface area contributed by atoms with E-state index in [2.05, 4.69) is 61.3 Å². The molecular formula is C24H31NO. The first kappa shape index (κ1) is 18.7. The molecule has 2 aromatic rings. The van der Waals surface area contributed by atoms with Gasteiger partial charge in [0.25, 0.3) is 0 Å². The molecule has 0 heterocycles. The highest BCUT2D eigenvalue weighted by Crippen LogP contribution is 2.37. The minimum Gasteiger partial charge on any atom is -0.493 e. The Labute approximate surface area is 158 Å². The molecule has 3 rings (SSSR count). The number of aryl methyl sites for hydroxylation is 1. The van der Waals surface area contributed by atoms with Crippen LogP contribution in [0.3, 0.4) is 0 Å². The number of rotatable bonds is 5. The second-order valence-corrected chi connectivity index (χ2v) is 7.33. The molecule has 0 bridgehead atoms. The smallest absolute Gasteiger partial charge is 0.131 e. The van der Waals surface area contributed by atoms with E-state index in [-0.39, 0.29) is 0 Å². The second kappa shape index (κ2) is 9.56. The summed E-state index contributed by atoms with van der Waals surface area (Å²) in [6.07, 6.45) is 11.3. The Bertz CT molecular complexity index is 709. The van der Waals surface area contributed by atoms with Gasteiger partial charge in [-0.05, 0) is 56.4 Å². The zero-order valence-electron chi connectivity index (χ0n) is 16.2. The first-order valence-corrected chi connectivity index (χ1v) is 10.1. The zero-order chi connectivity index (χ0) is 18.2. The fourth-order valence-corrected chi connectivity index (χ4v) is 3.85. The van der Waals surface area contributed by atoms with Crippen LogP contribution in [0, 0.1) is 6.92 Å². The zero-order valence-corrected chi connectivity index (χ0v) is 16.2. The van der Waals surface area contributed by atoms with E-state index in [1.807, 2.05) is 6.21 Å². The van der Waals surface area contributed by atoms with E-state index in [9.17, 15) is 0 Å². The van der Waals surface area contributed by atoms with Crippen LogP contribution in [0.25, 0.3) is 0 Å². The lowest BCUT2D eigenvalue weighted by molar-refractivity contribution is 0.329. The number of hydrogen-bond acceptors (Lipinski definition) is 2. The van der Waals surface area contributed by atoms with E-state index in [1.54, 1.807) is 0 Å². The summed E-state index contributed by atoms with van der Waals surface area (Å²) < 4.78 is 6.11. The molecule has 1 aliphatic rings. The second-order valence-electron chi connectivity index (χ2n) is 7.33. The molecule has 0 aliphatic heterocycles. The largest absolute Gasteiger partial charge is 0.493 e. The number of hydrogen-bond donors (Lipinski definition) is 0. The maximum atomic E-state index is 6.11. The van der Waals surface area contributed by atoms with Crippen molar-refractivity contribution in [1.29, 1.82) is 0 Å². The predicted octanol–water partition coefficient (Wildman–Crippen LogP) is 6.97. The molecule has 2 heteroatoms. The molecule has 1 aliphatic carbocycles. The van der Waals surface area contributed by atoms with E-state index in [0.717, 1.165) is 17.0 Å². The highest BCUT2D eigenvalue weighted by Gasteiger charge is 2.19. The van der Waals surface area contributed by atoms with Crippen molar-refractivity contribution in [3.8, 4) is 5.75 Å². The van der Waals surface area contributed by atoms with Crippen molar-refractivity contribution in [1.82, 2.24) is 0 Å². The lowest BCUT2D eigenvalue weighted by Crippen LogP contribution is -2.07. The number of nitrogens with zero attached hydrogens (tertiary/aromatic N) is 1. The highest BCUT2D eigenvalue weighted by molar-refractivity contribution is 5.86. The van der Waals surface area contributed by atoms with Crippen LogP contribution in [0.1, 0.15) is 74.5 Å². The molecule has 0 spiro atoms. The molecule has 138 valence electrons. The maximum absolute atomic E-state index is 6.11. The van der Waals surface area contributed by atoms with Gasteiger partial charge in [-0.3, -0.25) is 4.99 Å². The Hall–Kier alpha value is -2.09. The van der Waals surface area contributed by atoms with Crippen LogP contribution in [-0.2, 0) is 0 Å². The highest BCUT2D eigenvalue weighted by atomic mass is 16.5. The topological polar surface area (TPSA) is 21.6 Å². The fraction of sp³-hybridized carbons (Fsp3) is 0.458. The molecule has 0 saturated heterocycles. The standard InChI is InChI=1S/C24H31NO/c1-3-26-24-21(18-25-22-16-14-19(2)15-17-22)12-9-13-23(24)20-10-7-5-4-6-8-11-20/h9,12-18,20H,3-8,10-11H2,1-2H3. The minimum atomic E-state index is 0.615. The van der Waals surface area contributed by atoms with Gasteiger partial charge in [0.1, 0.15) is 5.75 Å². The Kier molecular flexibility index (Phi) is 6.88. The lowest BCUT2D eigenvalue weighted by atomic mass is 9.85. The summed E-state index contributed by atoms with van der Waals surface area (Å²) in [7, 11) is 0. The maximum Gasteiger partial charge on any atom is 0.131 e. The van der Waals surface area contributed by atoms with Gasteiger partial charge in [-0.1, -0.05) is 61.9 Å². The third kappa shape index (κ3) is 4.97. The van der Waals surface area contributed by atoms with Crippen molar-refractivity contribution >= 4 is 11.9 Å². The van der Waals surface area contributed by atoms with Crippen LogP contribution >= 0.6 is 0 Å². The molecule has 0 aromatic heterocycles. The van der Waals surface area contributed by atoms with E-state index in [4.69, 9.17) is 4.74 Å². The minimum absolute atomic E-state index is 0.615. The Morgan fingerprint density at radius 1 is 0.962 bits per heavy atom. The first-order chi connectivity index (χ1) is 12.8. The molecule has 26 heavy (non-hydrogen) atoms. The van der Waals surface area contributed by atoms with Crippen LogP contribution in [0.5, 0.6) is 5.75 Å². The quantitative estimate of drug-likeness (QED) is 0.534. The summed E-state index contributed by atoms with van der Waals surface area (Å²) in [6, 6.07) is 14.9. The molecule has 0 N–H and O–H groups in total. The summed E-state index contributed by atoms with van der Waals surface area (Å²) in [5.74, 6) is 1.65. The molecule has 1 fully saturated rings. The van der Waals surface area contributed by atoms with Crippen LogP contribution in [0.4, 0.5) is 5.69 Å². The van der Waals surface area contributed by atoms with Gasteiger partial charge in [-0.15, -0.1) is 0 Å². The number of benzene rings is 2. The Balaban J connectivity index is 1.88. The molecule has 0 radical (unpaired) electrons. The third-order valence-corrected chi connectivity index (χ3v) is 5.30. The third-order valence-electron chi connectivity index (χ3n) is 5.30. The van der Waals surface area contributed by atoms with Crippen molar-refractivity contribution in [3.63, 3.8) is 0 Å². The van der Waals surface area contributed by atoms with Crippen LogP contribution in [-0.4, -0.2) is 12.8 Å². The predicted molar refractivity (Wildman–Crippen MR) is 111 cm³/mol. The summed E-state index contributed by atoms with van der Waals surface area (Å²) in [4.78, 5) is 4.68. The number of para-hydroxylation sites is 1. The van der Waals surface area contributed by atoms with Crippen LogP contribution in [0.15, 0.2) is 47.5 Å². The van der Waals surface area contributed by atoms with Gasteiger partial charge in [0.05, 0.1) is 12.3 Å².